The number of benzene rings is 2. The first-order chi connectivity index (χ1) is 19.2. The van der Waals surface area contributed by atoms with Crippen molar-refractivity contribution in [1.29, 1.82) is 0 Å². The molecular formula is C27H29F2N7O3S. The van der Waals surface area contributed by atoms with E-state index in [2.05, 4.69) is 30.8 Å². The van der Waals surface area contributed by atoms with Gasteiger partial charge < -0.3 is 25.2 Å². The Labute approximate surface area is 235 Å². The summed E-state index contributed by atoms with van der Waals surface area (Å²) in [5.41, 5.74) is 0.897. The predicted octanol–water partition coefficient (Wildman–Crippen LogP) is 4.16. The Morgan fingerprint density at radius 3 is 2.60 bits per heavy atom. The minimum atomic E-state index is -0.713. The minimum Gasteiger partial charge on any atom is -0.436 e. The molecule has 1 aliphatic heterocycles. The fourth-order valence-electron chi connectivity index (χ4n) is 4.17. The van der Waals surface area contributed by atoms with Gasteiger partial charge in [-0.2, -0.15) is 0 Å². The number of aromatic nitrogens is 2. The van der Waals surface area contributed by atoms with Crippen LogP contribution in [0, 0.1) is 11.6 Å². The summed E-state index contributed by atoms with van der Waals surface area (Å²) in [5, 5.41) is 7.90. The van der Waals surface area contributed by atoms with Crippen molar-refractivity contribution in [2.45, 2.75) is 25.3 Å². The number of nitrogens with zero attached hydrogens (tertiary/aromatic N) is 4. The van der Waals surface area contributed by atoms with Crippen molar-refractivity contribution in [3.05, 3.63) is 72.1 Å². The average Bonchev–Trinajstić information content (AvgIpc) is 3.31. The highest BCUT2D eigenvalue weighted by Crippen LogP contribution is 2.26. The normalized spacial score (nSPS) is 14.8. The van der Waals surface area contributed by atoms with Gasteiger partial charge >= 0.3 is 6.03 Å². The van der Waals surface area contributed by atoms with E-state index < -0.39 is 17.5 Å². The lowest BCUT2D eigenvalue weighted by molar-refractivity contribution is -0.119. The summed E-state index contributed by atoms with van der Waals surface area (Å²) in [7, 11) is 3.76. The van der Waals surface area contributed by atoms with Crippen LogP contribution in [0.2, 0.25) is 0 Å². The van der Waals surface area contributed by atoms with Crippen molar-refractivity contribution in [3.8, 4) is 11.6 Å². The molecule has 0 bridgehead atoms. The monoisotopic (exact) mass is 569 g/mol. The van der Waals surface area contributed by atoms with Crippen LogP contribution in [-0.2, 0) is 11.2 Å². The molecular weight excluding hydrogens is 540 g/mol. The third kappa shape index (κ3) is 8.13. The quantitative estimate of drug-likeness (QED) is 0.347. The summed E-state index contributed by atoms with van der Waals surface area (Å²) in [6.45, 7) is 1.60. The Kier molecular flexibility index (Phi) is 9.51. The Morgan fingerprint density at radius 1 is 1.12 bits per heavy atom. The average molecular weight is 570 g/mol. The number of halogens is 2. The summed E-state index contributed by atoms with van der Waals surface area (Å²) in [4.78, 5) is 36.6. The molecule has 1 aromatic heterocycles. The van der Waals surface area contributed by atoms with E-state index in [0.29, 0.717) is 18.2 Å². The number of hydrogen-bond acceptors (Lipinski definition) is 7. The van der Waals surface area contributed by atoms with Crippen LogP contribution < -0.4 is 20.7 Å². The van der Waals surface area contributed by atoms with Gasteiger partial charge in [0.25, 0.3) is 0 Å². The summed E-state index contributed by atoms with van der Waals surface area (Å²) in [5.74, 6) is -1.39. The fourth-order valence-corrected chi connectivity index (χ4v) is 4.40. The van der Waals surface area contributed by atoms with E-state index in [4.69, 9.17) is 17.0 Å². The molecule has 10 nitrogen and oxygen atoms in total. The van der Waals surface area contributed by atoms with Crippen molar-refractivity contribution in [1.82, 2.24) is 25.1 Å². The van der Waals surface area contributed by atoms with Gasteiger partial charge in [0.05, 0.1) is 6.42 Å². The van der Waals surface area contributed by atoms with E-state index in [1.54, 1.807) is 11.9 Å². The second-order valence-corrected chi connectivity index (χ2v) is 9.79. The van der Waals surface area contributed by atoms with Crippen LogP contribution in [0.3, 0.4) is 0 Å². The van der Waals surface area contributed by atoms with Crippen molar-refractivity contribution < 1.29 is 23.1 Å². The van der Waals surface area contributed by atoms with Gasteiger partial charge in [0.15, 0.2) is 16.7 Å². The molecule has 0 radical (unpaired) electrons. The maximum absolute atomic E-state index is 14.8. The first-order valence-corrected chi connectivity index (χ1v) is 12.9. The smallest absolute Gasteiger partial charge is 0.322 e. The van der Waals surface area contributed by atoms with Crippen LogP contribution in [0.5, 0.6) is 11.6 Å². The molecule has 1 fully saturated rings. The molecule has 1 atom stereocenters. The number of hydrogen-bond donors (Lipinski definition) is 3. The number of carbonyl (C=O) groups is 2. The molecule has 3 N–H and O–H groups in total. The lowest BCUT2D eigenvalue weighted by Crippen LogP contribution is -2.41. The van der Waals surface area contributed by atoms with E-state index in [-0.39, 0.29) is 40.7 Å². The zero-order chi connectivity index (χ0) is 28.6. The first kappa shape index (κ1) is 28.8. The second kappa shape index (κ2) is 13.2. The van der Waals surface area contributed by atoms with Gasteiger partial charge in [-0.25, -0.2) is 23.5 Å². The number of ether oxygens (including phenoxy) is 1. The molecule has 1 saturated heterocycles. The number of carbonyl (C=O) groups excluding carboxylic acids is 2. The van der Waals surface area contributed by atoms with Crippen LogP contribution in [0.4, 0.5) is 25.1 Å². The van der Waals surface area contributed by atoms with Crippen molar-refractivity contribution in [2.24, 2.45) is 0 Å². The molecule has 3 amide bonds. The SMILES string of the molecule is CN(CC1CCCN1C)C(=O)Nc1cc(Oc2ccc(NC(=S)NC(=O)Cc3ccc(F)cc3)cc2F)ncn1. The van der Waals surface area contributed by atoms with Gasteiger partial charge in [0, 0.05) is 37.5 Å². The second-order valence-electron chi connectivity index (χ2n) is 9.38. The number of thiocarbonyl (C=S) groups is 1. The highest BCUT2D eigenvalue weighted by Gasteiger charge is 2.24. The van der Waals surface area contributed by atoms with Gasteiger partial charge in [0.1, 0.15) is 18.0 Å². The van der Waals surface area contributed by atoms with Crippen LogP contribution in [0.1, 0.15) is 18.4 Å². The highest BCUT2D eigenvalue weighted by molar-refractivity contribution is 7.80. The third-order valence-corrected chi connectivity index (χ3v) is 6.52. The molecule has 3 aromatic rings. The molecule has 13 heteroatoms. The molecule has 0 aliphatic carbocycles. The number of likely N-dealkylation sites (N-methyl/N-ethyl adjacent to an activating group) is 2. The molecule has 210 valence electrons. The Hall–Kier alpha value is -4.23. The van der Waals surface area contributed by atoms with E-state index in [9.17, 15) is 18.4 Å². The maximum Gasteiger partial charge on any atom is 0.322 e. The van der Waals surface area contributed by atoms with Crippen LogP contribution >= 0.6 is 12.2 Å². The molecule has 1 unspecified atom stereocenters. The first-order valence-electron chi connectivity index (χ1n) is 12.5. The molecule has 2 aromatic carbocycles. The van der Waals surface area contributed by atoms with Crippen LogP contribution in [-0.4, -0.2) is 70.0 Å². The highest BCUT2D eigenvalue weighted by atomic mass is 32.1. The third-order valence-electron chi connectivity index (χ3n) is 6.31. The summed E-state index contributed by atoms with van der Waals surface area (Å²) in [6.07, 6.45) is 3.35. The van der Waals surface area contributed by atoms with Gasteiger partial charge in [0.2, 0.25) is 11.8 Å². The number of anilines is 2. The number of rotatable bonds is 8. The number of urea groups is 1. The van der Waals surface area contributed by atoms with Gasteiger partial charge in [-0.1, -0.05) is 12.1 Å². The summed E-state index contributed by atoms with van der Waals surface area (Å²) in [6, 6.07) is 10.9. The Morgan fingerprint density at radius 2 is 1.90 bits per heavy atom. The maximum atomic E-state index is 14.8. The number of nitrogens with one attached hydrogen (secondary N) is 3. The number of amides is 3. The molecule has 40 heavy (non-hydrogen) atoms. The largest absolute Gasteiger partial charge is 0.436 e. The van der Waals surface area contributed by atoms with Gasteiger partial charge in [-0.05, 0) is 68.5 Å². The topological polar surface area (TPSA) is 112 Å². The molecule has 2 heterocycles. The molecule has 0 spiro atoms. The Balaban J connectivity index is 1.29. The van der Waals surface area contributed by atoms with E-state index in [1.807, 2.05) is 7.05 Å². The van der Waals surface area contributed by atoms with Crippen LogP contribution in [0.25, 0.3) is 0 Å². The van der Waals surface area contributed by atoms with E-state index >= 15 is 0 Å². The zero-order valence-electron chi connectivity index (χ0n) is 22.0. The predicted molar refractivity (Wildman–Crippen MR) is 150 cm³/mol. The fraction of sp³-hybridized carbons (Fsp3) is 0.296. The zero-order valence-corrected chi connectivity index (χ0v) is 22.8. The molecule has 1 aliphatic rings. The Bertz CT molecular complexity index is 1380. The van der Waals surface area contributed by atoms with Gasteiger partial charge in [-0.3, -0.25) is 10.1 Å². The van der Waals surface area contributed by atoms with E-state index in [0.717, 1.165) is 25.5 Å². The molecule has 4 rings (SSSR count). The summed E-state index contributed by atoms with van der Waals surface area (Å²) >= 11 is 5.13. The molecule has 0 saturated carbocycles. The lowest BCUT2D eigenvalue weighted by Gasteiger charge is -2.25. The van der Waals surface area contributed by atoms with Crippen molar-refractivity contribution in [2.75, 3.05) is 37.8 Å². The van der Waals surface area contributed by atoms with Crippen molar-refractivity contribution >= 4 is 40.8 Å². The van der Waals surface area contributed by atoms with E-state index in [1.165, 1.54) is 48.8 Å². The summed E-state index contributed by atoms with van der Waals surface area (Å²) < 4.78 is 33.3. The van der Waals surface area contributed by atoms with Crippen molar-refractivity contribution in [3.63, 3.8) is 0 Å². The standard InChI is InChI=1S/C27H29F2N7O3S/c1-35-11-3-4-20(35)15-36(2)27(38)33-23-14-25(31-16-30-23)39-22-10-9-19(13-21(22)29)32-26(40)34-24(37)12-17-5-7-18(28)8-6-17/h5-10,13-14,16,20H,3-4,11-12,15H2,1-2H3,(H,30,31,33,38)(H2,32,34,37,40). The lowest BCUT2D eigenvalue weighted by atomic mass is 10.1. The number of likely N-dealkylation sites (tertiary alicyclic amines) is 1. The minimum absolute atomic E-state index is 0.00123. The van der Waals surface area contributed by atoms with Gasteiger partial charge in [-0.15, -0.1) is 0 Å². The van der Waals surface area contributed by atoms with Crippen LogP contribution in [0.15, 0.2) is 54.9 Å².